The van der Waals surface area contributed by atoms with Gasteiger partial charge in [0.15, 0.2) is 5.78 Å². The Morgan fingerprint density at radius 1 is 0.800 bits per heavy atom. The van der Waals surface area contributed by atoms with Gasteiger partial charge in [-0.1, -0.05) is 60.7 Å². The Bertz CT molecular complexity index is 904. The summed E-state index contributed by atoms with van der Waals surface area (Å²) in [5.74, 6) is -0.564. The molecule has 4 heteroatoms. The van der Waals surface area contributed by atoms with E-state index in [2.05, 4.69) is 5.32 Å². The fraction of sp³-hybridized carbons (Fsp3) is 0.0476. The van der Waals surface area contributed by atoms with Gasteiger partial charge in [-0.2, -0.15) is 0 Å². The highest BCUT2D eigenvalue weighted by molar-refractivity contribution is 6.17. The number of ketones is 1. The molecular weight excluding hydrogens is 314 g/mol. The summed E-state index contributed by atoms with van der Waals surface area (Å²) in [6.45, 7) is -0.104. The lowest BCUT2D eigenvalue weighted by molar-refractivity contribution is 0.0996. The third-order valence-corrected chi connectivity index (χ3v) is 3.82. The highest BCUT2D eigenvalue weighted by atomic mass is 16.3. The maximum Gasteiger partial charge on any atom is 0.256 e. The number of anilines is 1. The molecule has 0 heterocycles. The number of rotatable bonds is 5. The monoisotopic (exact) mass is 331 g/mol. The normalized spacial score (nSPS) is 10.3. The zero-order valence-electron chi connectivity index (χ0n) is 13.5. The molecular formula is C21H17NO3. The van der Waals surface area contributed by atoms with Crippen LogP contribution < -0.4 is 5.32 Å². The maximum atomic E-state index is 12.7. The predicted octanol–water partition coefficient (Wildman–Crippen LogP) is 3.66. The maximum absolute atomic E-state index is 12.7. The van der Waals surface area contributed by atoms with Crippen LogP contribution in [0.5, 0.6) is 0 Å². The van der Waals surface area contributed by atoms with E-state index in [0.29, 0.717) is 27.9 Å². The van der Waals surface area contributed by atoms with Crippen molar-refractivity contribution in [1.29, 1.82) is 0 Å². The van der Waals surface area contributed by atoms with E-state index in [1.165, 1.54) is 0 Å². The Morgan fingerprint density at radius 2 is 1.48 bits per heavy atom. The second-order valence-electron chi connectivity index (χ2n) is 5.55. The van der Waals surface area contributed by atoms with Crippen LogP contribution in [0.25, 0.3) is 0 Å². The summed E-state index contributed by atoms with van der Waals surface area (Å²) >= 11 is 0. The first-order valence-electron chi connectivity index (χ1n) is 7.89. The number of benzene rings is 3. The van der Waals surface area contributed by atoms with Crippen molar-refractivity contribution in [2.24, 2.45) is 0 Å². The molecule has 0 radical (unpaired) electrons. The summed E-state index contributed by atoms with van der Waals surface area (Å²) in [7, 11) is 0. The second kappa shape index (κ2) is 7.55. The smallest absolute Gasteiger partial charge is 0.256 e. The van der Waals surface area contributed by atoms with Crippen LogP contribution in [0.4, 0.5) is 5.69 Å². The number of hydrogen-bond acceptors (Lipinski definition) is 3. The molecule has 1 amide bonds. The van der Waals surface area contributed by atoms with E-state index in [4.69, 9.17) is 0 Å². The Kier molecular flexibility index (Phi) is 5.02. The van der Waals surface area contributed by atoms with E-state index in [0.717, 1.165) is 0 Å². The van der Waals surface area contributed by atoms with E-state index in [1.54, 1.807) is 72.8 Å². The largest absolute Gasteiger partial charge is 0.392 e. The van der Waals surface area contributed by atoms with Crippen LogP contribution in [0.1, 0.15) is 31.8 Å². The number of amides is 1. The topological polar surface area (TPSA) is 66.4 Å². The number of aliphatic hydroxyl groups is 1. The molecule has 0 unspecified atom stereocenters. The molecule has 2 N–H and O–H groups in total. The van der Waals surface area contributed by atoms with Crippen LogP contribution in [0.2, 0.25) is 0 Å². The molecule has 0 saturated carbocycles. The fourth-order valence-electron chi connectivity index (χ4n) is 2.57. The SMILES string of the molecule is O=C(Nc1cccc(CO)c1)c1ccccc1C(=O)c1ccccc1. The molecule has 0 spiro atoms. The highest BCUT2D eigenvalue weighted by Crippen LogP contribution is 2.17. The Morgan fingerprint density at radius 3 is 2.20 bits per heavy atom. The van der Waals surface area contributed by atoms with Crippen LogP contribution in [-0.4, -0.2) is 16.8 Å². The molecule has 0 saturated heterocycles. The van der Waals surface area contributed by atoms with Gasteiger partial charge < -0.3 is 10.4 Å². The lowest BCUT2D eigenvalue weighted by Crippen LogP contribution is -2.17. The number of aliphatic hydroxyl groups excluding tert-OH is 1. The Hall–Kier alpha value is -3.24. The molecule has 0 aliphatic heterocycles. The fourth-order valence-corrected chi connectivity index (χ4v) is 2.57. The van der Waals surface area contributed by atoms with Crippen molar-refractivity contribution in [2.75, 3.05) is 5.32 Å². The summed E-state index contributed by atoms with van der Waals surface area (Å²) in [5.41, 5.74) is 2.46. The van der Waals surface area contributed by atoms with Crippen molar-refractivity contribution < 1.29 is 14.7 Å². The molecule has 3 aromatic rings. The first kappa shape index (κ1) is 16.6. The van der Waals surface area contributed by atoms with E-state index in [9.17, 15) is 14.7 Å². The van der Waals surface area contributed by atoms with Gasteiger partial charge in [0.1, 0.15) is 0 Å². The van der Waals surface area contributed by atoms with Gasteiger partial charge in [0.2, 0.25) is 0 Å². The standard InChI is InChI=1S/C21H17NO3/c23-14-15-7-6-10-17(13-15)22-21(25)19-12-5-4-11-18(19)20(24)16-8-2-1-3-9-16/h1-13,23H,14H2,(H,22,25). The highest BCUT2D eigenvalue weighted by Gasteiger charge is 2.18. The van der Waals surface area contributed by atoms with Crippen molar-refractivity contribution in [3.63, 3.8) is 0 Å². The first-order chi connectivity index (χ1) is 12.2. The van der Waals surface area contributed by atoms with Crippen molar-refractivity contribution in [3.8, 4) is 0 Å². The van der Waals surface area contributed by atoms with E-state index in [-0.39, 0.29) is 18.3 Å². The number of carbonyl (C=O) groups excluding carboxylic acids is 2. The molecule has 0 bridgehead atoms. The minimum atomic E-state index is -0.366. The molecule has 3 aromatic carbocycles. The molecule has 0 aromatic heterocycles. The summed E-state index contributed by atoms with van der Waals surface area (Å²) in [4.78, 5) is 25.4. The van der Waals surface area contributed by atoms with Crippen LogP contribution >= 0.6 is 0 Å². The average molecular weight is 331 g/mol. The molecule has 0 atom stereocenters. The summed E-state index contributed by atoms with van der Waals surface area (Å²) < 4.78 is 0. The molecule has 4 nitrogen and oxygen atoms in total. The first-order valence-corrected chi connectivity index (χ1v) is 7.89. The predicted molar refractivity (Wildman–Crippen MR) is 96.6 cm³/mol. The summed E-state index contributed by atoms with van der Waals surface area (Å²) in [6.07, 6.45) is 0. The summed E-state index contributed by atoms with van der Waals surface area (Å²) in [6, 6.07) is 22.5. The Labute approximate surface area is 145 Å². The van der Waals surface area contributed by atoms with Crippen LogP contribution in [0.3, 0.4) is 0 Å². The van der Waals surface area contributed by atoms with Gasteiger partial charge in [-0.05, 0) is 23.8 Å². The molecule has 124 valence electrons. The van der Waals surface area contributed by atoms with Crippen LogP contribution in [0.15, 0.2) is 78.9 Å². The summed E-state index contributed by atoms with van der Waals surface area (Å²) in [5, 5.41) is 12.0. The molecule has 3 rings (SSSR count). The van der Waals surface area contributed by atoms with Gasteiger partial charge >= 0.3 is 0 Å². The van der Waals surface area contributed by atoms with Gasteiger partial charge in [0.05, 0.1) is 12.2 Å². The average Bonchev–Trinajstić information content (AvgIpc) is 2.68. The zero-order chi connectivity index (χ0) is 17.6. The molecule has 0 aliphatic carbocycles. The van der Waals surface area contributed by atoms with Crippen molar-refractivity contribution in [2.45, 2.75) is 6.61 Å². The lowest BCUT2D eigenvalue weighted by Gasteiger charge is -2.10. The van der Waals surface area contributed by atoms with Crippen LogP contribution in [-0.2, 0) is 6.61 Å². The third-order valence-electron chi connectivity index (χ3n) is 3.82. The number of hydrogen-bond donors (Lipinski definition) is 2. The van der Waals surface area contributed by atoms with E-state index >= 15 is 0 Å². The molecule has 25 heavy (non-hydrogen) atoms. The van der Waals surface area contributed by atoms with Gasteiger partial charge in [-0.15, -0.1) is 0 Å². The minimum absolute atomic E-state index is 0.104. The van der Waals surface area contributed by atoms with Crippen molar-refractivity contribution in [1.82, 2.24) is 0 Å². The van der Waals surface area contributed by atoms with E-state index < -0.39 is 0 Å². The number of carbonyl (C=O) groups is 2. The van der Waals surface area contributed by atoms with Gasteiger partial charge in [0, 0.05) is 16.8 Å². The number of nitrogens with one attached hydrogen (secondary N) is 1. The lowest BCUT2D eigenvalue weighted by atomic mass is 9.98. The van der Waals surface area contributed by atoms with Crippen molar-refractivity contribution in [3.05, 3.63) is 101 Å². The second-order valence-corrected chi connectivity index (χ2v) is 5.55. The van der Waals surface area contributed by atoms with Gasteiger partial charge in [0.25, 0.3) is 5.91 Å². The van der Waals surface area contributed by atoms with Crippen LogP contribution in [0, 0.1) is 0 Å². The minimum Gasteiger partial charge on any atom is -0.392 e. The molecule has 0 fully saturated rings. The van der Waals surface area contributed by atoms with Gasteiger partial charge in [-0.25, -0.2) is 0 Å². The van der Waals surface area contributed by atoms with Crippen molar-refractivity contribution >= 4 is 17.4 Å². The van der Waals surface area contributed by atoms with Gasteiger partial charge in [-0.3, -0.25) is 9.59 Å². The zero-order valence-corrected chi connectivity index (χ0v) is 13.5. The molecule has 0 aliphatic rings. The Balaban J connectivity index is 1.90. The third kappa shape index (κ3) is 3.82. The quantitative estimate of drug-likeness (QED) is 0.701. The van der Waals surface area contributed by atoms with E-state index in [1.807, 2.05) is 6.07 Å².